The summed E-state index contributed by atoms with van der Waals surface area (Å²) in [6, 6.07) is 4.74. The predicted octanol–water partition coefficient (Wildman–Crippen LogP) is 2.40. The zero-order valence-corrected chi connectivity index (χ0v) is 9.16. The molecule has 1 heterocycles. The molecule has 2 nitrogen and oxygen atoms in total. The summed E-state index contributed by atoms with van der Waals surface area (Å²) in [5.74, 6) is 0. The molecule has 0 bridgehead atoms. The SMILES string of the molecule is CCCCC(Cc1cccnc1)NC. The van der Waals surface area contributed by atoms with Crippen LogP contribution >= 0.6 is 0 Å². The molecule has 1 rings (SSSR count). The Hall–Kier alpha value is -0.890. The van der Waals surface area contributed by atoms with E-state index in [9.17, 15) is 0 Å². The number of aromatic nitrogens is 1. The summed E-state index contributed by atoms with van der Waals surface area (Å²) >= 11 is 0. The number of unbranched alkanes of at least 4 members (excludes halogenated alkanes) is 1. The first-order valence-electron chi connectivity index (χ1n) is 5.43. The lowest BCUT2D eigenvalue weighted by Crippen LogP contribution is -2.27. The van der Waals surface area contributed by atoms with E-state index in [-0.39, 0.29) is 0 Å². The Balaban J connectivity index is 2.40. The van der Waals surface area contributed by atoms with Crippen molar-refractivity contribution in [2.45, 2.75) is 38.6 Å². The van der Waals surface area contributed by atoms with E-state index in [1.165, 1.54) is 24.8 Å². The zero-order valence-electron chi connectivity index (χ0n) is 9.16. The van der Waals surface area contributed by atoms with E-state index < -0.39 is 0 Å². The van der Waals surface area contributed by atoms with Crippen LogP contribution in [0.1, 0.15) is 31.7 Å². The van der Waals surface area contributed by atoms with Crippen molar-refractivity contribution in [3.05, 3.63) is 30.1 Å². The quantitative estimate of drug-likeness (QED) is 0.748. The maximum atomic E-state index is 4.12. The van der Waals surface area contributed by atoms with Gasteiger partial charge in [0.1, 0.15) is 0 Å². The lowest BCUT2D eigenvalue weighted by atomic mass is 10.0. The van der Waals surface area contributed by atoms with Crippen LogP contribution in [0.5, 0.6) is 0 Å². The van der Waals surface area contributed by atoms with Gasteiger partial charge in [0, 0.05) is 18.4 Å². The summed E-state index contributed by atoms with van der Waals surface area (Å²) in [6.45, 7) is 2.23. The van der Waals surface area contributed by atoms with Gasteiger partial charge < -0.3 is 5.32 Å². The van der Waals surface area contributed by atoms with Crippen LogP contribution in [0, 0.1) is 0 Å². The van der Waals surface area contributed by atoms with Crippen molar-refractivity contribution in [3.63, 3.8) is 0 Å². The maximum absolute atomic E-state index is 4.12. The van der Waals surface area contributed by atoms with Crippen LogP contribution < -0.4 is 5.32 Å². The molecule has 14 heavy (non-hydrogen) atoms. The van der Waals surface area contributed by atoms with Crippen molar-refractivity contribution in [2.75, 3.05) is 7.05 Å². The van der Waals surface area contributed by atoms with Crippen molar-refractivity contribution in [2.24, 2.45) is 0 Å². The smallest absolute Gasteiger partial charge is 0.0300 e. The minimum atomic E-state index is 0.596. The van der Waals surface area contributed by atoms with Crippen molar-refractivity contribution in [3.8, 4) is 0 Å². The Kier molecular flexibility index (Phi) is 5.23. The summed E-state index contributed by atoms with van der Waals surface area (Å²) in [5, 5.41) is 3.36. The minimum Gasteiger partial charge on any atom is -0.317 e. The summed E-state index contributed by atoms with van der Waals surface area (Å²) < 4.78 is 0. The van der Waals surface area contributed by atoms with E-state index in [1.807, 2.05) is 25.5 Å². The van der Waals surface area contributed by atoms with Crippen LogP contribution in [-0.2, 0) is 6.42 Å². The highest BCUT2D eigenvalue weighted by Gasteiger charge is 2.05. The topological polar surface area (TPSA) is 24.9 Å². The molecule has 0 saturated heterocycles. The molecule has 2 heteroatoms. The van der Waals surface area contributed by atoms with Crippen molar-refractivity contribution >= 4 is 0 Å². The van der Waals surface area contributed by atoms with E-state index in [4.69, 9.17) is 0 Å². The molecule has 0 amide bonds. The summed E-state index contributed by atoms with van der Waals surface area (Å²) in [6.07, 6.45) is 8.68. The number of nitrogens with zero attached hydrogens (tertiary/aromatic N) is 1. The molecule has 0 radical (unpaired) electrons. The number of nitrogens with one attached hydrogen (secondary N) is 1. The van der Waals surface area contributed by atoms with Gasteiger partial charge in [0.25, 0.3) is 0 Å². The molecular weight excluding hydrogens is 172 g/mol. The van der Waals surface area contributed by atoms with Crippen molar-refractivity contribution in [1.82, 2.24) is 10.3 Å². The van der Waals surface area contributed by atoms with Gasteiger partial charge >= 0.3 is 0 Å². The van der Waals surface area contributed by atoms with Crippen LogP contribution in [0.2, 0.25) is 0 Å². The third-order valence-corrected chi connectivity index (χ3v) is 2.52. The highest BCUT2D eigenvalue weighted by molar-refractivity contribution is 5.09. The van der Waals surface area contributed by atoms with Gasteiger partial charge in [-0.2, -0.15) is 0 Å². The second-order valence-electron chi connectivity index (χ2n) is 3.69. The van der Waals surface area contributed by atoms with E-state index in [0.29, 0.717) is 6.04 Å². The summed E-state index contributed by atoms with van der Waals surface area (Å²) in [7, 11) is 2.04. The standard InChI is InChI=1S/C12H20N2/c1-3-4-7-12(13-2)9-11-6-5-8-14-10-11/h5-6,8,10,12-13H,3-4,7,9H2,1-2H3. The summed E-state index contributed by atoms with van der Waals surface area (Å²) in [4.78, 5) is 4.12. The van der Waals surface area contributed by atoms with E-state index in [1.54, 1.807) is 0 Å². The van der Waals surface area contributed by atoms with Gasteiger partial charge in [0.2, 0.25) is 0 Å². The Bertz CT molecular complexity index is 233. The van der Waals surface area contributed by atoms with Crippen LogP contribution in [0.25, 0.3) is 0 Å². The van der Waals surface area contributed by atoms with Gasteiger partial charge in [-0.3, -0.25) is 4.98 Å². The van der Waals surface area contributed by atoms with E-state index in [2.05, 4.69) is 23.3 Å². The second-order valence-corrected chi connectivity index (χ2v) is 3.69. The van der Waals surface area contributed by atoms with Gasteiger partial charge in [-0.1, -0.05) is 25.8 Å². The number of likely N-dealkylation sites (N-methyl/N-ethyl adjacent to an activating group) is 1. The normalized spacial score (nSPS) is 12.7. The molecule has 0 aliphatic rings. The van der Waals surface area contributed by atoms with Crippen LogP contribution in [-0.4, -0.2) is 18.1 Å². The van der Waals surface area contributed by atoms with Gasteiger partial charge in [0.15, 0.2) is 0 Å². The highest BCUT2D eigenvalue weighted by Crippen LogP contribution is 2.07. The zero-order chi connectivity index (χ0) is 10.2. The molecule has 0 aliphatic carbocycles. The van der Waals surface area contributed by atoms with E-state index >= 15 is 0 Å². The first kappa shape index (κ1) is 11.2. The fraction of sp³-hybridized carbons (Fsp3) is 0.583. The molecule has 78 valence electrons. The van der Waals surface area contributed by atoms with Gasteiger partial charge in [-0.05, 0) is 31.5 Å². The molecule has 0 fully saturated rings. The average Bonchev–Trinajstić information content (AvgIpc) is 2.25. The molecule has 1 aromatic heterocycles. The van der Waals surface area contributed by atoms with Crippen LogP contribution in [0.3, 0.4) is 0 Å². The lowest BCUT2D eigenvalue weighted by Gasteiger charge is -2.15. The fourth-order valence-electron chi connectivity index (χ4n) is 1.60. The molecule has 0 saturated carbocycles. The summed E-state index contributed by atoms with van der Waals surface area (Å²) in [5.41, 5.74) is 1.32. The molecule has 0 aromatic carbocycles. The number of hydrogen-bond acceptors (Lipinski definition) is 2. The van der Waals surface area contributed by atoms with Gasteiger partial charge in [-0.25, -0.2) is 0 Å². The predicted molar refractivity (Wildman–Crippen MR) is 60.3 cm³/mol. The second kappa shape index (κ2) is 6.55. The molecule has 1 aromatic rings. The number of hydrogen-bond donors (Lipinski definition) is 1. The van der Waals surface area contributed by atoms with Crippen LogP contribution in [0.15, 0.2) is 24.5 Å². The molecule has 0 spiro atoms. The molecule has 0 aliphatic heterocycles. The highest BCUT2D eigenvalue weighted by atomic mass is 14.9. The molecule has 1 N–H and O–H groups in total. The van der Waals surface area contributed by atoms with Gasteiger partial charge in [-0.15, -0.1) is 0 Å². The van der Waals surface area contributed by atoms with Gasteiger partial charge in [0.05, 0.1) is 0 Å². The Labute approximate surface area is 86.8 Å². The minimum absolute atomic E-state index is 0.596. The monoisotopic (exact) mass is 192 g/mol. The van der Waals surface area contributed by atoms with Crippen molar-refractivity contribution in [1.29, 1.82) is 0 Å². The average molecular weight is 192 g/mol. The largest absolute Gasteiger partial charge is 0.317 e. The fourth-order valence-corrected chi connectivity index (χ4v) is 1.60. The third-order valence-electron chi connectivity index (χ3n) is 2.52. The first-order valence-corrected chi connectivity index (χ1v) is 5.43. The first-order chi connectivity index (χ1) is 6.86. The Morgan fingerprint density at radius 1 is 1.50 bits per heavy atom. The molecule has 1 atom stereocenters. The number of rotatable bonds is 6. The molecular formula is C12H20N2. The Morgan fingerprint density at radius 2 is 2.36 bits per heavy atom. The lowest BCUT2D eigenvalue weighted by molar-refractivity contribution is 0.498. The Morgan fingerprint density at radius 3 is 2.93 bits per heavy atom. The van der Waals surface area contributed by atoms with Crippen molar-refractivity contribution < 1.29 is 0 Å². The molecule has 1 unspecified atom stereocenters. The third kappa shape index (κ3) is 3.88. The van der Waals surface area contributed by atoms with Crippen LogP contribution in [0.4, 0.5) is 0 Å². The maximum Gasteiger partial charge on any atom is 0.0300 e. The number of pyridine rings is 1. The van der Waals surface area contributed by atoms with E-state index in [0.717, 1.165) is 6.42 Å².